The van der Waals surface area contributed by atoms with Crippen molar-refractivity contribution < 1.29 is 4.79 Å². The normalized spacial score (nSPS) is 15.6. The van der Waals surface area contributed by atoms with Gasteiger partial charge in [0.1, 0.15) is 0 Å². The van der Waals surface area contributed by atoms with Crippen LogP contribution < -0.4 is 9.80 Å². The number of rotatable bonds is 2. The van der Waals surface area contributed by atoms with Crippen LogP contribution >= 0.6 is 0 Å². The summed E-state index contributed by atoms with van der Waals surface area (Å²) < 4.78 is 0. The zero-order valence-corrected chi connectivity index (χ0v) is 11.6. The Bertz CT molecular complexity index is 609. The molecule has 0 atom stereocenters. The predicted octanol–water partition coefficient (Wildman–Crippen LogP) is 2.85. The first kappa shape index (κ1) is 12.7. The van der Waals surface area contributed by atoms with Crippen molar-refractivity contribution in [3.63, 3.8) is 0 Å². The van der Waals surface area contributed by atoms with E-state index in [0.29, 0.717) is 6.54 Å². The number of benzene rings is 2. The first-order chi connectivity index (χ1) is 9.75. The Balaban J connectivity index is 1.78. The number of nitrogens with zero attached hydrogens (tertiary/aromatic N) is 2. The zero-order valence-electron chi connectivity index (χ0n) is 11.6. The molecular formula is C17H18N2O. The lowest BCUT2D eigenvalue weighted by Gasteiger charge is -2.36. The molecule has 20 heavy (non-hydrogen) atoms. The van der Waals surface area contributed by atoms with Gasteiger partial charge in [-0.3, -0.25) is 4.79 Å². The molecule has 0 N–H and O–H groups in total. The van der Waals surface area contributed by atoms with Gasteiger partial charge < -0.3 is 9.80 Å². The van der Waals surface area contributed by atoms with Crippen molar-refractivity contribution in [1.29, 1.82) is 0 Å². The van der Waals surface area contributed by atoms with E-state index in [1.165, 1.54) is 0 Å². The summed E-state index contributed by atoms with van der Waals surface area (Å²) in [6.45, 7) is 4.09. The molecule has 0 aromatic heterocycles. The second kappa shape index (κ2) is 5.37. The average Bonchev–Trinajstić information content (AvgIpc) is 2.49. The molecule has 1 aliphatic heterocycles. The lowest BCUT2D eigenvalue weighted by molar-refractivity contribution is -0.117. The van der Waals surface area contributed by atoms with Gasteiger partial charge in [0.25, 0.3) is 0 Å². The van der Waals surface area contributed by atoms with Crippen molar-refractivity contribution in [3.8, 4) is 0 Å². The third-order valence-corrected chi connectivity index (χ3v) is 3.75. The molecule has 2 aromatic rings. The van der Waals surface area contributed by atoms with E-state index < -0.39 is 0 Å². The fourth-order valence-corrected chi connectivity index (χ4v) is 2.65. The molecular weight excluding hydrogens is 248 g/mol. The van der Waals surface area contributed by atoms with E-state index in [4.69, 9.17) is 0 Å². The second-order valence-electron chi connectivity index (χ2n) is 5.09. The van der Waals surface area contributed by atoms with Crippen molar-refractivity contribution in [1.82, 2.24) is 0 Å². The first-order valence-electron chi connectivity index (χ1n) is 6.92. The van der Waals surface area contributed by atoms with Crippen LogP contribution in [-0.2, 0) is 4.79 Å². The van der Waals surface area contributed by atoms with Crippen molar-refractivity contribution in [2.24, 2.45) is 0 Å². The minimum absolute atomic E-state index is 0.161. The van der Waals surface area contributed by atoms with Crippen LogP contribution in [0, 0.1) is 6.92 Å². The topological polar surface area (TPSA) is 23.6 Å². The highest BCUT2D eigenvalue weighted by Gasteiger charge is 2.25. The van der Waals surface area contributed by atoms with Gasteiger partial charge in [0, 0.05) is 24.5 Å². The molecule has 0 radical (unpaired) electrons. The number of anilines is 2. The molecule has 1 heterocycles. The standard InChI is InChI=1S/C17H18N2O/c1-14-7-5-6-10-16(14)19-12-11-18(13-17(19)20)15-8-3-2-4-9-15/h2-10H,11-13H2,1H3. The van der Waals surface area contributed by atoms with Crippen molar-refractivity contribution >= 4 is 17.3 Å². The summed E-state index contributed by atoms with van der Waals surface area (Å²) in [4.78, 5) is 16.4. The van der Waals surface area contributed by atoms with E-state index in [0.717, 1.165) is 30.0 Å². The highest BCUT2D eigenvalue weighted by atomic mass is 16.2. The SMILES string of the molecule is Cc1ccccc1N1CCN(c2ccccc2)CC1=O. The Morgan fingerprint density at radius 1 is 0.900 bits per heavy atom. The van der Waals surface area contributed by atoms with Crippen molar-refractivity contribution in [2.45, 2.75) is 6.92 Å². The van der Waals surface area contributed by atoms with Gasteiger partial charge in [-0.1, -0.05) is 36.4 Å². The summed E-state index contributed by atoms with van der Waals surface area (Å²) in [5, 5.41) is 0. The molecule has 3 rings (SSSR count). The maximum atomic E-state index is 12.4. The number of hydrogen-bond acceptors (Lipinski definition) is 2. The summed E-state index contributed by atoms with van der Waals surface area (Å²) in [7, 11) is 0. The summed E-state index contributed by atoms with van der Waals surface area (Å²) >= 11 is 0. The van der Waals surface area contributed by atoms with Crippen molar-refractivity contribution in [3.05, 3.63) is 60.2 Å². The van der Waals surface area contributed by atoms with E-state index in [1.54, 1.807) is 0 Å². The van der Waals surface area contributed by atoms with Crippen LogP contribution in [0.5, 0.6) is 0 Å². The molecule has 3 heteroatoms. The number of para-hydroxylation sites is 2. The van der Waals surface area contributed by atoms with Gasteiger partial charge in [-0.05, 0) is 30.7 Å². The fraction of sp³-hybridized carbons (Fsp3) is 0.235. The Morgan fingerprint density at radius 3 is 2.30 bits per heavy atom. The van der Waals surface area contributed by atoms with Gasteiger partial charge in [-0.25, -0.2) is 0 Å². The number of carbonyl (C=O) groups excluding carboxylic acids is 1. The monoisotopic (exact) mass is 266 g/mol. The van der Waals surface area contributed by atoms with Gasteiger partial charge >= 0.3 is 0 Å². The molecule has 1 fully saturated rings. The van der Waals surface area contributed by atoms with Crippen LogP contribution in [0.25, 0.3) is 0 Å². The highest BCUT2D eigenvalue weighted by molar-refractivity contribution is 5.98. The number of piperazine rings is 1. The lowest BCUT2D eigenvalue weighted by atomic mass is 10.1. The molecule has 1 amide bonds. The number of hydrogen-bond donors (Lipinski definition) is 0. The molecule has 1 saturated heterocycles. The Labute approximate surface area is 119 Å². The van der Waals surface area contributed by atoms with E-state index in [9.17, 15) is 4.79 Å². The highest BCUT2D eigenvalue weighted by Crippen LogP contribution is 2.23. The van der Waals surface area contributed by atoms with Gasteiger partial charge in [0.15, 0.2) is 0 Å². The predicted molar refractivity (Wildman–Crippen MR) is 82.2 cm³/mol. The minimum atomic E-state index is 0.161. The zero-order chi connectivity index (χ0) is 13.9. The Kier molecular flexibility index (Phi) is 3.42. The van der Waals surface area contributed by atoms with Crippen LogP contribution in [0.15, 0.2) is 54.6 Å². The molecule has 0 bridgehead atoms. The van der Waals surface area contributed by atoms with E-state index in [2.05, 4.69) is 17.0 Å². The summed E-state index contributed by atoms with van der Waals surface area (Å²) in [5.41, 5.74) is 3.30. The maximum Gasteiger partial charge on any atom is 0.246 e. The molecule has 3 nitrogen and oxygen atoms in total. The van der Waals surface area contributed by atoms with E-state index in [1.807, 2.05) is 54.3 Å². The Morgan fingerprint density at radius 2 is 1.60 bits per heavy atom. The number of amides is 1. The smallest absolute Gasteiger partial charge is 0.246 e. The number of aryl methyl sites for hydroxylation is 1. The van der Waals surface area contributed by atoms with E-state index in [-0.39, 0.29) is 5.91 Å². The molecule has 0 saturated carbocycles. The molecule has 0 aliphatic carbocycles. The molecule has 1 aliphatic rings. The fourth-order valence-electron chi connectivity index (χ4n) is 2.65. The molecule has 102 valence electrons. The van der Waals surface area contributed by atoms with Gasteiger partial charge in [0.05, 0.1) is 6.54 Å². The third kappa shape index (κ3) is 2.39. The Hall–Kier alpha value is -2.29. The minimum Gasteiger partial charge on any atom is -0.360 e. The van der Waals surface area contributed by atoms with Gasteiger partial charge in [-0.15, -0.1) is 0 Å². The van der Waals surface area contributed by atoms with Crippen LogP contribution in [0.3, 0.4) is 0 Å². The molecule has 2 aromatic carbocycles. The molecule has 0 spiro atoms. The van der Waals surface area contributed by atoms with Gasteiger partial charge in [0.2, 0.25) is 5.91 Å². The summed E-state index contributed by atoms with van der Waals surface area (Å²) in [6, 6.07) is 18.2. The number of carbonyl (C=O) groups is 1. The average molecular weight is 266 g/mol. The first-order valence-corrected chi connectivity index (χ1v) is 6.92. The third-order valence-electron chi connectivity index (χ3n) is 3.75. The largest absolute Gasteiger partial charge is 0.360 e. The van der Waals surface area contributed by atoms with Gasteiger partial charge in [-0.2, -0.15) is 0 Å². The van der Waals surface area contributed by atoms with Crippen LogP contribution in [0.4, 0.5) is 11.4 Å². The van der Waals surface area contributed by atoms with E-state index >= 15 is 0 Å². The maximum absolute atomic E-state index is 12.4. The van der Waals surface area contributed by atoms with Crippen LogP contribution in [0.1, 0.15) is 5.56 Å². The second-order valence-corrected chi connectivity index (χ2v) is 5.09. The molecule has 0 unspecified atom stereocenters. The van der Waals surface area contributed by atoms with Crippen LogP contribution in [0.2, 0.25) is 0 Å². The summed E-state index contributed by atoms with van der Waals surface area (Å²) in [6.07, 6.45) is 0. The van der Waals surface area contributed by atoms with Crippen LogP contribution in [-0.4, -0.2) is 25.5 Å². The van der Waals surface area contributed by atoms with Crippen molar-refractivity contribution in [2.75, 3.05) is 29.4 Å². The lowest BCUT2D eigenvalue weighted by Crippen LogP contribution is -2.50. The quantitative estimate of drug-likeness (QED) is 0.834. The summed E-state index contributed by atoms with van der Waals surface area (Å²) in [5.74, 6) is 0.161.